The summed E-state index contributed by atoms with van der Waals surface area (Å²) in [5.41, 5.74) is 1.16. The van der Waals surface area contributed by atoms with Crippen LogP contribution in [0, 0.1) is 12.8 Å². The molecule has 2 aliphatic heterocycles. The van der Waals surface area contributed by atoms with E-state index in [-0.39, 0.29) is 17.4 Å². The Morgan fingerprint density at radius 2 is 2.00 bits per heavy atom. The van der Waals surface area contributed by atoms with Crippen LogP contribution in [0.3, 0.4) is 0 Å². The number of carbonyl (C=O) groups is 1. The van der Waals surface area contributed by atoms with Gasteiger partial charge in [0.15, 0.2) is 5.82 Å². The van der Waals surface area contributed by atoms with Crippen LogP contribution in [0.15, 0.2) is 16.7 Å². The minimum atomic E-state index is -0.106. The van der Waals surface area contributed by atoms with Crippen LogP contribution in [0.4, 0.5) is 6.01 Å². The number of rotatable bonds is 8. The van der Waals surface area contributed by atoms with E-state index in [2.05, 4.69) is 46.1 Å². The fraction of sp³-hybridized carbons (Fsp3) is 0.680. The number of anilines is 1. The molecular weight excluding hydrogens is 434 g/mol. The molecule has 186 valence electrons. The Morgan fingerprint density at radius 1 is 1.21 bits per heavy atom. The normalized spacial score (nSPS) is 19.4. The molecule has 9 heteroatoms. The number of nitrogens with one attached hydrogen (secondary N) is 1. The molecule has 0 bridgehead atoms. The van der Waals surface area contributed by atoms with E-state index in [1.165, 1.54) is 0 Å². The van der Waals surface area contributed by atoms with Gasteiger partial charge in [-0.15, -0.1) is 0 Å². The topological polar surface area (TPSA) is 103 Å². The Kier molecular flexibility index (Phi) is 7.70. The Hall–Kier alpha value is -2.68. The van der Waals surface area contributed by atoms with Gasteiger partial charge < -0.3 is 24.2 Å². The summed E-state index contributed by atoms with van der Waals surface area (Å²) in [6.45, 7) is 11.9. The van der Waals surface area contributed by atoms with Gasteiger partial charge in [0.25, 0.3) is 5.91 Å². The number of nitrogens with zero attached hydrogens (tertiary/aromatic N) is 4. The van der Waals surface area contributed by atoms with Crippen molar-refractivity contribution in [2.45, 2.75) is 71.3 Å². The molecular formula is C25H37N5O4. The van der Waals surface area contributed by atoms with Gasteiger partial charge in [-0.05, 0) is 51.0 Å². The lowest BCUT2D eigenvalue weighted by atomic mass is 9.92. The average Bonchev–Trinajstić information content (AvgIpc) is 3.49. The molecule has 9 nitrogen and oxygen atoms in total. The highest BCUT2D eigenvalue weighted by Gasteiger charge is 2.26. The number of aryl methyl sites for hydroxylation is 1. The summed E-state index contributed by atoms with van der Waals surface area (Å²) < 4.78 is 16.7. The van der Waals surface area contributed by atoms with Gasteiger partial charge in [0, 0.05) is 31.2 Å². The van der Waals surface area contributed by atoms with Gasteiger partial charge in [-0.2, -0.15) is 4.98 Å². The van der Waals surface area contributed by atoms with Crippen LogP contribution in [0.5, 0.6) is 5.88 Å². The van der Waals surface area contributed by atoms with Crippen molar-refractivity contribution in [1.82, 2.24) is 20.4 Å². The minimum Gasteiger partial charge on any atom is -0.478 e. The van der Waals surface area contributed by atoms with Gasteiger partial charge >= 0.3 is 6.01 Å². The average molecular weight is 472 g/mol. The number of pyridine rings is 1. The van der Waals surface area contributed by atoms with Crippen LogP contribution in [0.2, 0.25) is 0 Å². The van der Waals surface area contributed by atoms with E-state index in [4.69, 9.17) is 14.0 Å². The van der Waals surface area contributed by atoms with Crippen LogP contribution < -0.4 is 15.0 Å². The van der Waals surface area contributed by atoms with E-state index in [0.29, 0.717) is 48.9 Å². The largest absolute Gasteiger partial charge is 0.478 e. The lowest BCUT2D eigenvalue weighted by molar-refractivity contribution is 0.0928. The lowest BCUT2D eigenvalue weighted by Gasteiger charge is -2.30. The van der Waals surface area contributed by atoms with Crippen LogP contribution in [-0.4, -0.2) is 60.0 Å². The second kappa shape index (κ2) is 10.7. The van der Waals surface area contributed by atoms with Crippen molar-refractivity contribution in [1.29, 1.82) is 0 Å². The first-order valence-corrected chi connectivity index (χ1v) is 12.4. The molecule has 2 saturated heterocycles. The minimum absolute atomic E-state index is 0.0858. The maximum absolute atomic E-state index is 12.5. The third-order valence-corrected chi connectivity index (χ3v) is 6.55. The van der Waals surface area contributed by atoms with Crippen LogP contribution in [0.25, 0.3) is 0 Å². The standard InChI is InChI=1S/C25H37N5O4/c1-17-20(22(31)27-19-11-15-32-16-19)7-8-21(26-17)33-14-5-6-18-9-12-30(13-10-18)24-28-23(29-34-24)25(2,3)4/h7-8,18-19H,5-6,9-16H2,1-4H3,(H,27,31). The molecule has 0 aliphatic carbocycles. The molecule has 4 heterocycles. The zero-order chi connectivity index (χ0) is 24.1. The number of hydrogen-bond acceptors (Lipinski definition) is 8. The molecule has 0 saturated carbocycles. The van der Waals surface area contributed by atoms with E-state index in [9.17, 15) is 4.79 Å². The Morgan fingerprint density at radius 3 is 2.65 bits per heavy atom. The van der Waals surface area contributed by atoms with Crippen molar-refractivity contribution in [3.8, 4) is 5.88 Å². The van der Waals surface area contributed by atoms with E-state index in [0.717, 1.165) is 51.0 Å². The molecule has 4 rings (SSSR count). The molecule has 1 amide bonds. The monoisotopic (exact) mass is 471 g/mol. The van der Waals surface area contributed by atoms with E-state index in [1.807, 2.05) is 6.92 Å². The van der Waals surface area contributed by atoms with Gasteiger partial charge in [-0.1, -0.05) is 25.9 Å². The Bertz CT molecular complexity index is 956. The number of ether oxygens (including phenoxy) is 2. The first-order chi connectivity index (χ1) is 16.3. The third-order valence-electron chi connectivity index (χ3n) is 6.55. The molecule has 1 unspecified atom stereocenters. The lowest BCUT2D eigenvalue weighted by Crippen LogP contribution is -2.35. The smallest absolute Gasteiger partial charge is 0.324 e. The van der Waals surface area contributed by atoms with Gasteiger partial charge in [-0.3, -0.25) is 4.79 Å². The van der Waals surface area contributed by atoms with Crippen LogP contribution >= 0.6 is 0 Å². The Balaban J connectivity index is 1.16. The van der Waals surface area contributed by atoms with Crippen LogP contribution in [0.1, 0.15) is 74.8 Å². The molecule has 2 aromatic heterocycles. The molecule has 2 aromatic rings. The van der Waals surface area contributed by atoms with E-state index < -0.39 is 0 Å². The summed E-state index contributed by atoms with van der Waals surface area (Å²) in [6.07, 6.45) is 5.17. The molecule has 2 fully saturated rings. The summed E-state index contributed by atoms with van der Waals surface area (Å²) in [4.78, 5) is 23.7. The van der Waals surface area contributed by atoms with Crippen molar-refractivity contribution < 1.29 is 18.8 Å². The molecule has 0 radical (unpaired) electrons. The zero-order valence-corrected chi connectivity index (χ0v) is 20.8. The molecule has 34 heavy (non-hydrogen) atoms. The highest BCUT2D eigenvalue weighted by molar-refractivity contribution is 5.95. The summed E-state index contributed by atoms with van der Waals surface area (Å²) in [5, 5.41) is 7.14. The van der Waals surface area contributed by atoms with Gasteiger partial charge in [0.1, 0.15) is 0 Å². The maximum Gasteiger partial charge on any atom is 0.324 e. The van der Waals surface area contributed by atoms with E-state index in [1.54, 1.807) is 12.1 Å². The van der Waals surface area contributed by atoms with Crippen molar-refractivity contribution in [2.75, 3.05) is 37.8 Å². The quantitative estimate of drug-likeness (QED) is 0.582. The Labute approximate surface area is 201 Å². The fourth-order valence-electron chi connectivity index (χ4n) is 4.38. The van der Waals surface area contributed by atoms with Crippen molar-refractivity contribution >= 4 is 11.9 Å². The SMILES string of the molecule is Cc1nc(OCCCC2CCN(c3nc(C(C)(C)C)no3)CC2)ccc1C(=O)NC1CCOC1. The highest BCUT2D eigenvalue weighted by Crippen LogP contribution is 2.27. The number of amides is 1. The van der Waals surface area contributed by atoms with Gasteiger partial charge in [-0.25, -0.2) is 4.98 Å². The summed E-state index contributed by atoms with van der Waals surface area (Å²) >= 11 is 0. The van der Waals surface area contributed by atoms with Crippen molar-refractivity contribution in [3.05, 3.63) is 29.2 Å². The molecule has 2 aliphatic rings. The number of carbonyl (C=O) groups excluding carboxylic acids is 1. The molecule has 1 N–H and O–H groups in total. The van der Waals surface area contributed by atoms with Crippen molar-refractivity contribution in [3.63, 3.8) is 0 Å². The first-order valence-electron chi connectivity index (χ1n) is 12.4. The number of hydrogen-bond donors (Lipinski definition) is 1. The van der Waals surface area contributed by atoms with Crippen LogP contribution in [-0.2, 0) is 10.2 Å². The fourth-order valence-corrected chi connectivity index (χ4v) is 4.38. The first kappa shape index (κ1) is 24.4. The summed E-state index contributed by atoms with van der Waals surface area (Å²) in [5.74, 6) is 1.89. The number of aromatic nitrogens is 3. The molecule has 1 atom stereocenters. The van der Waals surface area contributed by atoms with Gasteiger partial charge in [0.2, 0.25) is 5.88 Å². The van der Waals surface area contributed by atoms with Crippen molar-refractivity contribution in [2.24, 2.45) is 5.92 Å². The van der Waals surface area contributed by atoms with E-state index >= 15 is 0 Å². The van der Waals surface area contributed by atoms with Gasteiger partial charge in [0.05, 0.1) is 30.5 Å². The zero-order valence-electron chi connectivity index (χ0n) is 20.8. The number of piperidine rings is 1. The molecule has 0 aromatic carbocycles. The highest BCUT2D eigenvalue weighted by atomic mass is 16.5. The second-order valence-corrected chi connectivity index (χ2v) is 10.4. The second-order valence-electron chi connectivity index (χ2n) is 10.4. The summed E-state index contributed by atoms with van der Waals surface area (Å²) in [6, 6.07) is 4.30. The predicted octanol–water partition coefficient (Wildman–Crippen LogP) is 3.66. The maximum atomic E-state index is 12.5. The third kappa shape index (κ3) is 6.25. The summed E-state index contributed by atoms with van der Waals surface area (Å²) in [7, 11) is 0. The predicted molar refractivity (Wildman–Crippen MR) is 128 cm³/mol. The molecule has 0 spiro atoms.